The Labute approximate surface area is 132 Å². The van der Waals surface area contributed by atoms with Crippen molar-refractivity contribution < 1.29 is 4.79 Å². The highest BCUT2D eigenvalue weighted by atomic mass is 16.2. The summed E-state index contributed by atoms with van der Waals surface area (Å²) in [5, 5.41) is 3.24. The molecule has 0 aromatic heterocycles. The van der Waals surface area contributed by atoms with Crippen LogP contribution in [0.2, 0.25) is 0 Å². The van der Waals surface area contributed by atoms with Crippen molar-refractivity contribution in [2.75, 3.05) is 18.4 Å². The van der Waals surface area contributed by atoms with E-state index in [1.807, 2.05) is 17.0 Å². The average Bonchev–Trinajstić information content (AvgIpc) is 2.55. The first-order chi connectivity index (χ1) is 10.6. The van der Waals surface area contributed by atoms with Crippen molar-refractivity contribution in [1.29, 1.82) is 0 Å². The van der Waals surface area contributed by atoms with Gasteiger partial charge in [-0.1, -0.05) is 30.3 Å². The standard InChI is InChI=1S/C19H22N2O/c1-14-7-8-18(11-15(14)2)20-12-19(22)21-10-9-16-5-3-4-6-17(16)13-21/h3-8,11,20H,9-10,12-13H2,1-2H3. The van der Waals surface area contributed by atoms with Crippen LogP contribution in [0, 0.1) is 13.8 Å². The molecule has 3 nitrogen and oxygen atoms in total. The van der Waals surface area contributed by atoms with Crippen LogP contribution in [0.5, 0.6) is 0 Å². The zero-order valence-corrected chi connectivity index (χ0v) is 13.2. The Bertz CT molecular complexity index is 694. The molecule has 0 fully saturated rings. The number of nitrogens with zero attached hydrogens (tertiary/aromatic N) is 1. The number of anilines is 1. The predicted molar refractivity (Wildman–Crippen MR) is 90.0 cm³/mol. The maximum atomic E-state index is 12.4. The van der Waals surface area contributed by atoms with E-state index in [4.69, 9.17) is 0 Å². The zero-order chi connectivity index (χ0) is 15.5. The van der Waals surface area contributed by atoms with Crippen molar-refractivity contribution in [3.8, 4) is 0 Å². The van der Waals surface area contributed by atoms with Crippen LogP contribution in [0.4, 0.5) is 5.69 Å². The predicted octanol–water partition coefficient (Wildman–Crippen LogP) is 3.30. The van der Waals surface area contributed by atoms with Gasteiger partial charge >= 0.3 is 0 Å². The van der Waals surface area contributed by atoms with E-state index in [1.54, 1.807) is 0 Å². The SMILES string of the molecule is Cc1ccc(NCC(=O)N2CCc3ccccc3C2)cc1C. The molecule has 1 N–H and O–H groups in total. The van der Waals surface area contributed by atoms with Gasteiger partial charge in [-0.2, -0.15) is 0 Å². The summed E-state index contributed by atoms with van der Waals surface area (Å²) < 4.78 is 0. The molecule has 0 atom stereocenters. The van der Waals surface area contributed by atoms with Crippen molar-refractivity contribution in [3.63, 3.8) is 0 Å². The summed E-state index contributed by atoms with van der Waals surface area (Å²) in [6.07, 6.45) is 0.950. The van der Waals surface area contributed by atoms with Crippen LogP contribution in [0.3, 0.4) is 0 Å². The van der Waals surface area contributed by atoms with Crippen LogP contribution in [0.15, 0.2) is 42.5 Å². The Morgan fingerprint density at radius 2 is 1.86 bits per heavy atom. The quantitative estimate of drug-likeness (QED) is 0.942. The first kappa shape index (κ1) is 14.6. The van der Waals surface area contributed by atoms with Gasteiger partial charge in [-0.3, -0.25) is 4.79 Å². The van der Waals surface area contributed by atoms with Gasteiger partial charge in [-0.05, 0) is 54.7 Å². The van der Waals surface area contributed by atoms with Crippen molar-refractivity contribution in [3.05, 3.63) is 64.7 Å². The smallest absolute Gasteiger partial charge is 0.242 e. The number of fused-ring (bicyclic) bond motifs is 1. The lowest BCUT2D eigenvalue weighted by atomic mass is 10.00. The molecule has 2 aromatic carbocycles. The maximum Gasteiger partial charge on any atom is 0.242 e. The van der Waals surface area contributed by atoms with Gasteiger partial charge in [-0.25, -0.2) is 0 Å². The number of rotatable bonds is 3. The highest BCUT2D eigenvalue weighted by molar-refractivity contribution is 5.81. The Morgan fingerprint density at radius 3 is 2.64 bits per heavy atom. The molecule has 2 aromatic rings. The van der Waals surface area contributed by atoms with Crippen LogP contribution in [-0.2, 0) is 17.8 Å². The summed E-state index contributed by atoms with van der Waals surface area (Å²) in [7, 11) is 0. The van der Waals surface area contributed by atoms with Crippen molar-refractivity contribution >= 4 is 11.6 Å². The molecule has 0 bridgehead atoms. The molecule has 0 radical (unpaired) electrons. The molecule has 0 saturated heterocycles. The van der Waals surface area contributed by atoms with Crippen LogP contribution in [0.25, 0.3) is 0 Å². The van der Waals surface area contributed by atoms with E-state index in [-0.39, 0.29) is 5.91 Å². The Hall–Kier alpha value is -2.29. The zero-order valence-electron chi connectivity index (χ0n) is 13.2. The highest BCUT2D eigenvalue weighted by Crippen LogP contribution is 2.19. The fourth-order valence-corrected chi connectivity index (χ4v) is 2.85. The summed E-state index contributed by atoms with van der Waals surface area (Å²) in [6.45, 7) is 6.07. The van der Waals surface area contributed by atoms with E-state index in [0.717, 1.165) is 25.2 Å². The van der Waals surface area contributed by atoms with Crippen molar-refractivity contribution in [2.45, 2.75) is 26.8 Å². The largest absolute Gasteiger partial charge is 0.376 e. The highest BCUT2D eigenvalue weighted by Gasteiger charge is 2.19. The lowest BCUT2D eigenvalue weighted by Crippen LogP contribution is -2.39. The van der Waals surface area contributed by atoms with Gasteiger partial charge in [0.15, 0.2) is 0 Å². The summed E-state index contributed by atoms with van der Waals surface area (Å²) >= 11 is 0. The lowest BCUT2D eigenvalue weighted by molar-refractivity contribution is -0.130. The molecule has 3 rings (SSSR count). The van der Waals surface area contributed by atoms with Gasteiger partial charge in [0.25, 0.3) is 0 Å². The third-order valence-corrected chi connectivity index (χ3v) is 4.43. The molecule has 0 saturated carbocycles. The number of carbonyl (C=O) groups excluding carboxylic acids is 1. The van der Waals surface area contributed by atoms with Gasteiger partial charge < -0.3 is 10.2 Å². The molecule has 1 heterocycles. The van der Waals surface area contributed by atoms with Crippen LogP contribution < -0.4 is 5.32 Å². The van der Waals surface area contributed by atoms with E-state index in [2.05, 4.69) is 49.5 Å². The van der Waals surface area contributed by atoms with Gasteiger partial charge in [0.1, 0.15) is 0 Å². The Balaban J connectivity index is 1.60. The second-order valence-electron chi connectivity index (χ2n) is 5.99. The number of amides is 1. The maximum absolute atomic E-state index is 12.4. The Morgan fingerprint density at radius 1 is 1.09 bits per heavy atom. The number of hydrogen-bond donors (Lipinski definition) is 1. The number of carbonyl (C=O) groups is 1. The third kappa shape index (κ3) is 3.14. The number of hydrogen-bond acceptors (Lipinski definition) is 2. The first-order valence-electron chi connectivity index (χ1n) is 7.79. The normalized spacial score (nSPS) is 13.6. The van der Waals surface area contributed by atoms with Crippen LogP contribution in [0.1, 0.15) is 22.3 Å². The molecule has 0 spiro atoms. The molecule has 1 aliphatic rings. The minimum Gasteiger partial charge on any atom is -0.376 e. The van der Waals surface area contributed by atoms with Gasteiger partial charge in [-0.15, -0.1) is 0 Å². The molecule has 22 heavy (non-hydrogen) atoms. The monoisotopic (exact) mass is 294 g/mol. The van der Waals surface area contributed by atoms with Crippen LogP contribution in [-0.4, -0.2) is 23.9 Å². The minimum absolute atomic E-state index is 0.160. The Kier molecular flexibility index (Phi) is 4.14. The molecule has 0 unspecified atom stereocenters. The van der Waals surface area contributed by atoms with Gasteiger partial charge in [0, 0.05) is 18.8 Å². The molecular weight excluding hydrogens is 272 g/mol. The van der Waals surface area contributed by atoms with Gasteiger partial charge in [0.2, 0.25) is 5.91 Å². The fourth-order valence-electron chi connectivity index (χ4n) is 2.85. The molecule has 0 aliphatic carbocycles. The molecular formula is C19H22N2O. The molecule has 3 heteroatoms. The molecule has 114 valence electrons. The first-order valence-corrected chi connectivity index (χ1v) is 7.79. The van der Waals surface area contributed by atoms with E-state index in [1.165, 1.54) is 22.3 Å². The van der Waals surface area contributed by atoms with E-state index in [0.29, 0.717) is 6.54 Å². The van der Waals surface area contributed by atoms with Gasteiger partial charge in [0.05, 0.1) is 6.54 Å². The second-order valence-corrected chi connectivity index (χ2v) is 5.99. The average molecular weight is 294 g/mol. The van der Waals surface area contributed by atoms with E-state index < -0.39 is 0 Å². The summed E-state index contributed by atoms with van der Waals surface area (Å²) in [5.74, 6) is 0.160. The lowest BCUT2D eigenvalue weighted by Gasteiger charge is -2.29. The van der Waals surface area contributed by atoms with E-state index in [9.17, 15) is 4.79 Å². The molecule has 1 aliphatic heterocycles. The third-order valence-electron chi connectivity index (χ3n) is 4.43. The van der Waals surface area contributed by atoms with Crippen molar-refractivity contribution in [1.82, 2.24) is 4.90 Å². The van der Waals surface area contributed by atoms with Crippen LogP contribution >= 0.6 is 0 Å². The fraction of sp³-hybridized carbons (Fsp3) is 0.316. The number of benzene rings is 2. The van der Waals surface area contributed by atoms with E-state index >= 15 is 0 Å². The second kappa shape index (κ2) is 6.22. The number of aryl methyl sites for hydroxylation is 2. The number of nitrogens with one attached hydrogen (secondary N) is 1. The van der Waals surface area contributed by atoms with Crippen molar-refractivity contribution in [2.24, 2.45) is 0 Å². The summed E-state index contributed by atoms with van der Waals surface area (Å²) in [5.41, 5.74) is 6.16. The summed E-state index contributed by atoms with van der Waals surface area (Å²) in [4.78, 5) is 14.3. The molecule has 1 amide bonds. The topological polar surface area (TPSA) is 32.3 Å². The summed E-state index contributed by atoms with van der Waals surface area (Å²) in [6, 6.07) is 14.6. The minimum atomic E-state index is 0.160.